The summed E-state index contributed by atoms with van der Waals surface area (Å²) in [5.74, 6) is -0.0393. The number of amides is 1. The number of fused-ring (bicyclic) bond motifs is 3. The van der Waals surface area contributed by atoms with Crippen LogP contribution in [-0.4, -0.2) is 29.9 Å². The van der Waals surface area contributed by atoms with Crippen LogP contribution in [-0.2, 0) is 11.3 Å². The van der Waals surface area contributed by atoms with E-state index in [4.69, 9.17) is 10.3 Å². The first-order chi connectivity index (χ1) is 15.1. The van der Waals surface area contributed by atoms with Crippen LogP contribution in [0.3, 0.4) is 0 Å². The minimum atomic E-state index is -1.72. The molecule has 0 saturated carbocycles. The molecule has 3 aromatic rings. The molecule has 1 aliphatic carbocycles. The molecule has 0 atom stereocenters. The number of carbonyl (C=O) groups excluding carboxylic acids is 1. The van der Waals surface area contributed by atoms with Crippen molar-refractivity contribution in [2.75, 3.05) is 6.61 Å². The van der Waals surface area contributed by atoms with Crippen LogP contribution in [0.25, 0.3) is 21.6 Å². The molecule has 0 fully saturated rings. The van der Waals surface area contributed by atoms with Crippen LogP contribution in [0.5, 0.6) is 0 Å². The maximum atomic E-state index is 12.3. The van der Waals surface area contributed by atoms with E-state index >= 15 is 0 Å². The minimum Gasteiger partial charge on any atom is -0.449 e. The van der Waals surface area contributed by atoms with Gasteiger partial charge in [-0.3, -0.25) is 0 Å². The maximum Gasteiger partial charge on any atom is 0.488 e. The Morgan fingerprint density at radius 1 is 1.06 bits per heavy atom. The van der Waals surface area contributed by atoms with Gasteiger partial charge < -0.3 is 20.1 Å². The average Bonchev–Trinajstić information content (AvgIpc) is 3.10. The smallest absolute Gasteiger partial charge is 0.449 e. The second kappa shape index (κ2) is 8.93. The molecular weight excluding hydrogens is 395 g/mol. The summed E-state index contributed by atoms with van der Waals surface area (Å²) in [6, 6.07) is 20.6. The van der Waals surface area contributed by atoms with Crippen molar-refractivity contribution in [2.45, 2.75) is 12.5 Å². The highest BCUT2D eigenvalue weighted by Gasteiger charge is 2.28. The van der Waals surface area contributed by atoms with Gasteiger partial charge in [-0.25, -0.2) is 4.79 Å². The van der Waals surface area contributed by atoms with E-state index in [0.29, 0.717) is 5.56 Å². The van der Waals surface area contributed by atoms with Crippen molar-refractivity contribution in [3.8, 4) is 11.1 Å². The summed E-state index contributed by atoms with van der Waals surface area (Å²) in [7, 11) is -1.72. The van der Waals surface area contributed by atoms with Gasteiger partial charge >= 0.3 is 13.2 Å². The fourth-order valence-corrected chi connectivity index (χ4v) is 3.88. The molecule has 0 aliphatic heterocycles. The molecule has 154 valence electrons. The van der Waals surface area contributed by atoms with Gasteiger partial charge in [-0.15, -0.1) is 0 Å². The fraction of sp³-hybridized carbons (Fsp3) is 0.136. The van der Waals surface area contributed by atoms with Crippen molar-refractivity contribution in [1.82, 2.24) is 5.32 Å². The summed E-state index contributed by atoms with van der Waals surface area (Å²) >= 11 is 0. The second-order valence-corrected chi connectivity index (χ2v) is 7.18. The van der Waals surface area contributed by atoms with Crippen molar-refractivity contribution in [3.05, 3.63) is 93.9 Å². The monoisotopic (exact) mass is 414 g/mol. The summed E-state index contributed by atoms with van der Waals surface area (Å²) in [6.07, 6.45) is -0.595. The number of nitrogens with one attached hydrogen (secondary N) is 1. The Kier molecular flexibility index (Phi) is 5.90. The van der Waals surface area contributed by atoms with Gasteiger partial charge in [0.15, 0.2) is 0 Å². The highest BCUT2D eigenvalue weighted by Crippen LogP contribution is 2.44. The quantitative estimate of drug-likeness (QED) is 0.247. The van der Waals surface area contributed by atoms with Crippen molar-refractivity contribution >= 4 is 24.4 Å². The standard InChI is InChI=1S/C22H19BN4O4/c24-27-26-16-10-14(9-15(11-16)23(29)30)12-25-22(28)31-13-21-19-7-3-1-5-17(19)18-6-2-4-8-20(18)21/h1-11,21,29-30H,12-13H2,(H,25,28). The summed E-state index contributed by atoms with van der Waals surface area (Å²) in [5, 5.41) is 24.9. The van der Waals surface area contributed by atoms with E-state index < -0.39 is 13.2 Å². The molecule has 0 bridgehead atoms. The molecule has 0 spiro atoms. The molecule has 0 aromatic heterocycles. The molecule has 3 N–H and O–H groups in total. The van der Waals surface area contributed by atoms with E-state index in [2.05, 4.69) is 27.5 Å². The zero-order valence-electron chi connectivity index (χ0n) is 16.5. The Balaban J connectivity index is 1.42. The first kappa shape index (κ1) is 20.5. The van der Waals surface area contributed by atoms with E-state index in [1.165, 1.54) is 12.1 Å². The lowest BCUT2D eigenvalue weighted by Gasteiger charge is -2.15. The molecule has 0 unspecified atom stereocenters. The topological polar surface area (TPSA) is 128 Å². The first-order valence-electron chi connectivity index (χ1n) is 9.71. The SMILES string of the molecule is [N-]=[N+]=Nc1cc(CNC(=O)OCC2c3ccccc3-c3ccccc32)cc(B(O)O)c1. The van der Waals surface area contributed by atoms with Gasteiger partial charge in [-0.2, -0.15) is 0 Å². The van der Waals surface area contributed by atoms with Gasteiger partial charge in [0, 0.05) is 23.1 Å². The Morgan fingerprint density at radius 2 is 1.71 bits per heavy atom. The average molecular weight is 414 g/mol. The van der Waals surface area contributed by atoms with Gasteiger partial charge in [-0.1, -0.05) is 65.8 Å². The molecule has 8 nitrogen and oxygen atoms in total. The molecule has 0 radical (unpaired) electrons. The van der Waals surface area contributed by atoms with Crippen molar-refractivity contribution < 1.29 is 19.6 Å². The van der Waals surface area contributed by atoms with Crippen LogP contribution < -0.4 is 10.8 Å². The van der Waals surface area contributed by atoms with Crippen molar-refractivity contribution in [3.63, 3.8) is 0 Å². The number of nitrogens with zero attached hydrogens (tertiary/aromatic N) is 3. The molecule has 0 heterocycles. The summed E-state index contributed by atoms with van der Waals surface area (Å²) in [4.78, 5) is 15.0. The molecule has 1 amide bonds. The summed E-state index contributed by atoms with van der Waals surface area (Å²) < 4.78 is 5.49. The lowest BCUT2D eigenvalue weighted by molar-refractivity contribution is 0.142. The van der Waals surface area contributed by atoms with Crippen LogP contribution in [0, 0.1) is 0 Å². The van der Waals surface area contributed by atoms with Crippen LogP contribution in [0.1, 0.15) is 22.6 Å². The Hall–Kier alpha value is -3.78. The predicted octanol–water partition coefficient (Wildman–Crippen LogP) is 3.35. The van der Waals surface area contributed by atoms with Gasteiger partial charge in [-0.05, 0) is 44.9 Å². The van der Waals surface area contributed by atoms with Gasteiger partial charge in [0.25, 0.3) is 0 Å². The minimum absolute atomic E-state index is 0.0393. The normalized spacial score (nSPS) is 11.8. The zero-order chi connectivity index (χ0) is 21.8. The van der Waals surface area contributed by atoms with Crippen LogP contribution in [0.15, 0.2) is 71.8 Å². The van der Waals surface area contributed by atoms with Crippen LogP contribution in [0.2, 0.25) is 0 Å². The molecule has 1 aliphatic rings. The largest absolute Gasteiger partial charge is 0.488 e. The van der Waals surface area contributed by atoms with E-state index in [1.807, 2.05) is 36.4 Å². The van der Waals surface area contributed by atoms with E-state index in [-0.39, 0.29) is 30.2 Å². The lowest BCUT2D eigenvalue weighted by Crippen LogP contribution is -2.31. The fourth-order valence-electron chi connectivity index (χ4n) is 3.88. The predicted molar refractivity (Wildman–Crippen MR) is 117 cm³/mol. The number of rotatable bonds is 6. The van der Waals surface area contributed by atoms with Crippen molar-refractivity contribution in [2.24, 2.45) is 5.11 Å². The van der Waals surface area contributed by atoms with Gasteiger partial charge in [0.05, 0.1) is 0 Å². The third kappa shape index (κ3) is 4.39. The molecule has 4 rings (SSSR count). The third-order valence-corrected chi connectivity index (χ3v) is 5.24. The second-order valence-electron chi connectivity index (χ2n) is 7.18. The molecular formula is C22H19BN4O4. The number of hydrogen-bond acceptors (Lipinski definition) is 5. The van der Waals surface area contributed by atoms with E-state index in [9.17, 15) is 14.8 Å². The van der Waals surface area contributed by atoms with Crippen LogP contribution in [0.4, 0.5) is 10.5 Å². The van der Waals surface area contributed by atoms with E-state index in [0.717, 1.165) is 22.3 Å². The highest BCUT2D eigenvalue weighted by atomic mass is 16.5. The zero-order valence-corrected chi connectivity index (χ0v) is 16.5. The molecule has 0 saturated heterocycles. The number of hydrogen-bond donors (Lipinski definition) is 3. The number of azide groups is 1. The van der Waals surface area contributed by atoms with Gasteiger partial charge in [0.1, 0.15) is 6.61 Å². The number of carbonyl (C=O) groups is 1. The highest BCUT2D eigenvalue weighted by molar-refractivity contribution is 6.58. The van der Waals surface area contributed by atoms with Crippen molar-refractivity contribution in [1.29, 1.82) is 0 Å². The number of benzene rings is 3. The molecule has 3 aromatic carbocycles. The van der Waals surface area contributed by atoms with Gasteiger partial charge in [0.2, 0.25) is 0 Å². The maximum absolute atomic E-state index is 12.3. The molecule has 31 heavy (non-hydrogen) atoms. The van der Waals surface area contributed by atoms with Crippen LogP contribution >= 0.6 is 0 Å². The Bertz CT molecular complexity index is 1130. The Labute approximate surface area is 178 Å². The first-order valence-corrected chi connectivity index (χ1v) is 9.71. The number of ether oxygens (including phenoxy) is 1. The molecule has 9 heteroatoms. The number of alkyl carbamates (subject to hydrolysis) is 1. The summed E-state index contributed by atoms with van der Waals surface area (Å²) in [6.45, 7) is 0.268. The lowest BCUT2D eigenvalue weighted by atomic mass is 9.79. The third-order valence-electron chi connectivity index (χ3n) is 5.24. The Morgan fingerprint density at radius 3 is 2.32 bits per heavy atom. The van der Waals surface area contributed by atoms with E-state index in [1.54, 1.807) is 6.07 Å². The summed E-state index contributed by atoms with van der Waals surface area (Å²) in [5.41, 5.74) is 14.1.